The van der Waals surface area contributed by atoms with Crippen molar-refractivity contribution in [2.45, 2.75) is 45.6 Å². The van der Waals surface area contributed by atoms with Gasteiger partial charge in [0.1, 0.15) is 6.71 Å². The minimum absolute atomic E-state index is 0.887. The molecule has 0 radical (unpaired) electrons. The Morgan fingerprint density at radius 1 is 1.00 bits per heavy atom. The Labute approximate surface area is 89.9 Å². The average molecular weight is 190 g/mol. The third-order valence-corrected chi connectivity index (χ3v) is 2.36. The molecule has 0 aliphatic heterocycles. The largest absolute Gasteiger partial charge is 0.143 e. The van der Waals surface area contributed by atoms with E-state index in [4.69, 9.17) is 0 Å². The van der Waals surface area contributed by atoms with Gasteiger partial charge in [-0.3, -0.25) is 0 Å². The Kier molecular flexibility index (Phi) is 9.84. The van der Waals surface area contributed by atoms with E-state index in [0.29, 0.717) is 0 Å². The van der Waals surface area contributed by atoms with Crippen molar-refractivity contribution in [2.75, 3.05) is 0 Å². The van der Waals surface area contributed by atoms with E-state index in [-0.39, 0.29) is 0 Å². The van der Waals surface area contributed by atoms with Crippen molar-refractivity contribution in [1.29, 1.82) is 0 Å². The standard InChI is InChI=1S/C13H23B/c1-4-7-8-9-10-13-14(11-5-2)12-6-3/h4,7-10H,1,5-6,11-13H2,2-3H3. The molecule has 0 amide bonds. The first-order chi connectivity index (χ1) is 6.85. The minimum Gasteiger partial charge on any atom is -0.0991 e. The van der Waals surface area contributed by atoms with E-state index in [9.17, 15) is 0 Å². The number of hydrogen-bond acceptors (Lipinski definition) is 0. The van der Waals surface area contributed by atoms with Crippen molar-refractivity contribution in [2.24, 2.45) is 0 Å². The van der Waals surface area contributed by atoms with Crippen molar-refractivity contribution in [3.8, 4) is 0 Å². The maximum Gasteiger partial charge on any atom is 0.143 e. The third-order valence-electron chi connectivity index (χ3n) is 2.36. The van der Waals surface area contributed by atoms with Crippen LogP contribution in [0.25, 0.3) is 0 Å². The lowest BCUT2D eigenvalue weighted by Crippen LogP contribution is -2.09. The quantitative estimate of drug-likeness (QED) is 0.387. The summed E-state index contributed by atoms with van der Waals surface area (Å²) >= 11 is 0. The van der Waals surface area contributed by atoms with Crippen molar-refractivity contribution >= 4 is 6.71 Å². The molecule has 0 heterocycles. The first-order valence-corrected chi connectivity index (χ1v) is 5.79. The fraction of sp³-hybridized carbons (Fsp3) is 0.538. The Hall–Kier alpha value is -0.715. The molecule has 0 N–H and O–H groups in total. The van der Waals surface area contributed by atoms with Crippen molar-refractivity contribution in [3.05, 3.63) is 37.0 Å². The molecule has 0 atom stereocenters. The maximum atomic E-state index is 3.63. The molecule has 0 unspecified atom stereocenters. The van der Waals surface area contributed by atoms with Crippen LogP contribution in [0.1, 0.15) is 26.7 Å². The maximum absolute atomic E-state index is 3.63. The summed E-state index contributed by atoms with van der Waals surface area (Å²) in [5.74, 6) is 0. The molecular weight excluding hydrogens is 167 g/mol. The van der Waals surface area contributed by atoms with Crippen LogP contribution in [0.4, 0.5) is 0 Å². The minimum atomic E-state index is 0.887. The predicted molar refractivity (Wildman–Crippen MR) is 69.2 cm³/mol. The molecule has 14 heavy (non-hydrogen) atoms. The predicted octanol–water partition coefficient (Wildman–Crippen LogP) is 4.60. The Morgan fingerprint density at radius 2 is 1.64 bits per heavy atom. The lowest BCUT2D eigenvalue weighted by Gasteiger charge is -2.07. The zero-order valence-corrected chi connectivity index (χ0v) is 9.71. The Balaban J connectivity index is 3.73. The molecule has 0 bridgehead atoms. The molecule has 1 heteroatoms. The molecule has 0 aliphatic rings. The second-order valence-corrected chi connectivity index (χ2v) is 3.73. The van der Waals surface area contributed by atoms with Crippen molar-refractivity contribution in [1.82, 2.24) is 0 Å². The third kappa shape index (κ3) is 7.91. The van der Waals surface area contributed by atoms with Gasteiger partial charge < -0.3 is 0 Å². The summed E-state index contributed by atoms with van der Waals surface area (Å²) in [5, 5.41) is 0. The highest BCUT2D eigenvalue weighted by Gasteiger charge is 2.08. The summed E-state index contributed by atoms with van der Waals surface area (Å²) in [7, 11) is 0. The van der Waals surface area contributed by atoms with Gasteiger partial charge in [-0.05, 0) is 0 Å². The second kappa shape index (κ2) is 10.4. The van der Waals surface area contributed by atoms with Gasteiger partial charge in [0.2, 0.25) is 0 Å². The fourth-order valence-corrected chi connectivity index (χ4v) is 1.69. The molecular formula is C13H23B. The summed E-state index contributed by atoms with van der Waals surface area (Å²) in [4.78, 5) is 0. The fourth-order valence-electron chi connectivity index (χ4n) is 1.69. The molecule has 0 aliphatic carbocycles. The Bertz CT molecular complexity index is 174. The van der Waals surface area contributed by atoms with Crippen LogP contribution in [-0.4, -0.2) is 6.71 Å². The zero-order valence-electron chi connectivity index (χ0n) is 9.71. The molecule has 0 aromatic heterocycles. The molecule has 0 rings (SSSR count). The molecule has 0 spiro atoms. The monoisotopic (exact) mass is 190 g/mol. The SMILES string of the molecule is C=CC=CC=CCB(CCC)CCC. The molecule has 0 aromatic carbocycles. The second-order valence-electron chi connectivity index (χ2n) is 3.73. The van der Waals surface area contributed by atoms with E-state index >= 15 is 0 Å². The summed E-state index contributed by atoms with van der Waals surface area (Å²) in [5.41, 5.74) is 0. The van der Waals surface area contributed by atoms with Gasteiger partial charge in [0.25, 0.3) is 0 Å². The number of allylic oxidation sites excluding steroid dienone is 5. The van der Waals surface area contributed by atoms with E-state index < -0.39 is 0 Å². The molecule has 78 valence electrons. The summed E-state index contributed by atoms with van der Waals surface area (Å²) < 4.78 is 0. The van der Waals surface area contributed by atoms with Gasteiger partial charge in [-0.2, -0.15) is 0 Å². The summed E-state index contributed by atoms with van der Waals surface area (Å²) in [6, 6.07) is 0. The lowest BCUT2D eigenvalue weighted by molar-refractivity contribution is 0.999. The summed E-state index contributed by atoms with van der Waals surface area (Å²) in [6.07, 6.45) is 16.8. The van der Waals surface area contributed by atoms with Crippen LogP contribution in [0, 0.1) is 0 Å². The van der Waals surface area contributed by atoms with Crippen LogP contribution < -0.4 is 0 Å². The highest BCUT2D eigenvalue weighted by atomic mass is 13.8. The van der Waals surface area contributed by atoms with Gasteiger partial charge in [0.15, 0.2) is 0 Å². The van der Waals surface area contributed by atoms with Gasteiger partial charge >= 0.3 is 0 Å². The molecule has 0 saturated carbocycles. The van der Waals surface area contributed by atoms with E-state index in [1.54, 1.807) is 6.08 Å². The van der Waals surface area contributed by atoms with Gasteiger partial charge in [-0.1, -0.05) is 82.6 Å². The van der Waals surface area contributed by atoms with Crippen molar-refractivity contribution < 1.29 is 0 Å². The van der Waals surface area contributed by atoms with Crippen LogP contribution in [0.2, 0.25) is 19.0 Å². The van der Waals surface area contributed by atoms with Gasteiger partial charge in [0.05, 0.1) is 0 Å². The van der Waals surface area contributed by atoms with Gasteiger partial charge in [-0.25, -0.2) is 0 Å². The highest BCUT2D eigenvalue weighted by molar-refractivity contribution is 6.59. The van der Waals surface area contributed by atoms with Crippen LogP contribution in [0.15, 0.2) is 37.0 Å². The van der Waals surface area contributed by atoms with Crippen molar-refractivity contribution in [3.63, 3.8) is 0 Å². The van der Waals surface area contributed by atoms with E-state index in [2.05, 4.69) is 32.6 Å². The molecule has 0 aromatic rings. The average Bonchev–Trinajstić information content (AvgIpc) is 2.18. The van der Waals surface area contributed by atoms with Crippen LogP contribution in [0.3, 0.4) is 0 Å². The van der Waals surface area contributed by atoms with E-state index in [1.807, 2.05) is 12.2 Å². The Morgan fingerprint density at radius 3 is 2.14 bits per heavy atom. The molecule has 0 saturated heterocycles. The van der Waals surface area contributed by atoms with Gasteiger partial charge in [-0.15, -0.1) is 0 Å². The van der Waals surface area contributed by atoms with Crippen LogP contribution in [-0.2, 0) is 0 Å². The highest BCUT2D eigenvalue weighted by Crippen LogP contribution is 2.11. The molecule has 0 fully saturated rings. The van der Waals surface area contributed by atoms with Crippen LogP contribution in [0.5, 0.6) is 0 Å². The normalized spacial score (nSPS) is 11.3. The van der Waals surface area contributed by atoms with E-state index in [1.165, 1.54) is 31.8 Å². The number of rotatable bonds is 8. The van der Waals surface area contributed by atoms with Gasteiger partial charge in [0, 0.05) is 0 Å². The topological polar surface area (TPSA) is 0 Å². The lowest BCUT2D eigenvalue weighted by atomic mass is 9.42. The smallest absolute Gasteiger partial charge is 0.0991 e. The molecule has 0 nitrogen and oxygen atoms in total. The summed E-state index contributed by atoms with van der Waals surface area (Å²) in [6.45, 7) is 9.05. The zero-order chi connectivity index (χ0) is 10.6. The first kappa shape index (κ1) is 13.3. The number of hydrogen-bond donors (Lipinski definition) is 0. The first-order valence-electron chi connectivity index (χ1n) is 5.79. The van der Waals surface area contributed by atoms with E-state index in [0.717, 1.165) is 6.71 Å². The van der Waals surface area contributed by atoms with Crippen LogP contribution >= 0.6 is 0 Å².